The number of thiophene rings is 1. The van der Waals surface area contributed by atoms with E-state index in [4.69, 9.17) is 4.52 Å². The summed E-state index contributed by atoms with van der Waals surface area (Å²) < 4.78 is 32.1. The van der Waals surface area contributed by atoms with E-state index in [-0.39, 0.29) is 24.7 Å². The summed E-state index contributed by atoms with van der Waals surface area (Å²) in [6.45, 7) is 4.97. The molecule has 1 aliphatic rings. The van der Waals surface area contributed by atoms with Crippen molar-refractivity contribution in [2.75, 3.05) is 26.2 Å². The van der Waals surface area contributed by atoms with Gasteiger partial charge in [0.25, 0.3) is 15.9 Å². The molecular weight excluding hydrogens is 350 g/mol. The summed E-state index contributed by atoms with van der Waals surface area (Å²) in [7, 11) is -3.48. The van der Waals surface area contributed by atoms with Crippen molar-refractivity contribution in [3.8, 4) is 0 Å². The van der Waals surface area contributed by atoms with E-state index >= 15 is 0 Å². The third-order valence-electron chi connectivity index (χ3n) is 3.95. The van der Waals surface area contributed by atoms with Gasteiger partial charge in [0.2, 0.25) is 0 Å². The highest BCUT2D eigenvalue weighted by Gasteiger charge is 2.32. The Morgan fingerprint density at radius 1 is 1.29 bits per heavy atom. The monoisotopic (exact) mass is 369 g/mol. The van der Waals surface area contributed by atoms with Crippen molar-refractivity contribution in [1.82, 2.24) is 14.4 Å². The molecule has 0 saturated carbocycles. The summed E-state index contributed by atoms with van der Waals surface area (Å²) in [6.07, 6.45) is 0.819. The molecule has 1 fully saturated rings. The normalized spacial score (nSPS) is 16.5. The second kappa shape index (κ2) is 6.66. The minimum atomic E-state index is -3.48. The van der Waals surface area contributed by atoms with Crippen molar-refractivity contribution in [3.05, 3.63) is 34.5 Å². The summed E-state index contributed by atoms with van der Waals surface area (Å²) in [5.41, 5.74) is 0.259. The summed E-state index contributed by atoms with van der Waals surface area (Å²) in [5.74, 6) is 0.345. The lowest BCUT2D eigenvalue weighted by Gasteiger charge is -2.33. The fraction of sp³-hybridized carbons (Fsp3) is 0.467. The molecule has 0 atom stereocenters. The maximum atomic E-state index is 12.7. The van der Waals surface area contributed by atoms with Crippen molar-refractivity contribution in [3.63, 3.8) is 0 Å². The SMILES string of the molecule is CCc1ccc(S(=O)(=O)N2CCN(C(=O)c3cc(C)on3)CC2)s1. The van der Waals surface area contributed by atoms with E-state index in [1.54, 1.807) is 24.0 Å². The summed E-state index contributed by atoms with van der Waals surface area (Å²) >= 11 is 1.31. The van der Waals surface area contributed by atoms with Crippen LogP contribution in [0.15, 0.2) is 26.9 Å². The van der Waals surface area contributed by atoms with Gasteiger partial charge in [-0.3, -0.25) is 4.79 Å². The first kappa shape index (κ1) is 17.1. The number of hydrogen-bond acceptors (Lipinski definition) is 6. The minimum Gasteiger partial charge on any atom is -0.361 e. The molecular formula is C15H19N3O4S2. The molecule has 3 rings (SSSR count). The first-order chi connectivity index (χ1) is 11.4. The van der Waals surface area contributed by atoms with Crippen LogP contribution in [-0.4, -0.2) is 54.9 Å². The van der Waals surface area contributed by atoms with Gasteiger partial charge in [-0.15, -0.1) is 11.3 Å². The summed E-state index contributed by atoms with van der Waals surface area (Å²) in [6, 6.07) is 5.10. The zero-order valence-corrected chi connectivity index (χ0v) is 15.2. The third-order valence-corrected chi connectivity index (χ3v) is 7.55. The fourth-order valence-electron chi connectivity index (χ4n) is 2.57. The molecule has 9 heteroatoms. The summed E-state index contributed by atoms with van der Waals surface area (Å²) in [5, 5.41) is 3.72. The van der Waals surface area contributed by atoms with Gasteiger partial charge < -0.3 is 9.42 Å². The number of sulfonamides is 1. The summed E-state index contributed by atoms with van der Waals surface area (Å²) in [4.78, 5) is 15.0. The van der Waals surface area contributed by atoms with Crippen molar-refractivity contribution in [2.45, 2.75) is 24.5 Å². The van der Waals surface area contributed by atoms with Crippen LogP contribution in [0, 0.1) is 6.92 Å². The lowest BCUT2D eigenvalue weighted by Crippen LogP contribution is -2.50. The fourth-order valence-corrected chi connectivity index (χ4v) is 5.45. The Hall–Kier alpha value is -1.71. The van der Waals surface area contributed by atoms with Crippen LogP contribution in [0.1, 0.15) is 28.0 Å². The molecule has 2 aromatic heterocycles. The van der Waals surface area contributed by atoms with Crippen LogP contribution in [0.25, 0.3) is 0 Å². The molecule has 1 saturated heterocycles. The molecule has 7 nitrogen and oxygen atoms in total. The zero-order valence-electron chi connectivity index (χ0n) is 13.6. The van der Waals surface area contributed by atoms with Gasteiger partial charge in [-0.2, -0.15) is 4.31 Å². The molecule has 1 aliphatic heterocycles. The molecule has 0 aliphatic carbocycles. The van der Waals surface area contributed by atoms with E-state index in [2.05, 4.69) is 5.16 Å². The number of nitrogens with zero attached hydrogens (tertiary/aromatic N) is 3. The second-order valence-corrected chi connectivity index (χ2v) is 8.93. The quantitative estimate of drug-likeness (QED) is 0.820. The Morgan fingerprint density at radius 2 is 2.00 bits per heavy atom. The first-order valence-corrected chi connectivity index (χ1v) is 9.99. The van der Waals surface area contributed by atoms with Gasteiger partial charge in [0.1, 0.15) is 9.97 Å². The molecule has 2 aromatic rings. The van der Waals surface area contributed by atoms with Gasteiger partial charge in [0, 0.05) is 37.1 Å². The van der Waals surface area contributed by atoms with Crippen LogP contribution in [-0.2, 0) is 16.4 Å². The maximum absolute atomic E-state index is 12.7. The Kier molecular flexibility index (Phi) is 4.75. The predicted molar refractivity (Wildman–Crippen MR) is 89.6 cm³/mol. The lowest BCUT2D eigenvalue weighted by atomic mass is 10.3. The highest BCUT2D eigenvalue weighted by molar-refractivity contribution is 7.91. The van der Waals surface area contributed by atoms with Crippen LogP contribution < -0.4 is 0 Å². The lowest BCUT2D eigenvalue weighted by molar-refractivity contribution is 0.0687. The molecule has 0 aromatic carbocycles. The zero-order chi connectivity index (χ0) is 17.3. The van der Waals surface area contributed by atoms with Gasteiger partial charge in [0.05, 0.1) is 0 Å². The Balaban J connectivity index is 1.67. The standard InChI is InChI=1S/C15H19N3O4S2/c1-3-12-4-5-14(23-12)24(20,21)18-8-6-17(7-9-18)15(19)13-10-11(2)22-16-13/h4-5,10H,3,6-9H2,1-2H3. The molecule has 24 heavy (non-hydrogen) atoms. The Labute approximate surface area is 144 Å². The molecule has 0 unspecified atom stereocenters. The van der Waals surface area contributed by atoms with Crippen molar-refractivity contribution in [2.24, 2.45) is 0 Å². The van der Waals surface area contributed by atoms with Crippen molar-refractivity contribution < 1.29 is 17.7 Å². The number of carbonyl (C=O) groups excluding carboxylic acids is 1. The van der Waals surface area contributed by atoms with Gasteiger partial charge in [0.15, 0.2) is 5.69 Å². The van der Waals surface area contributed by atoms with Crippen LogP contribution >= 0.6 is 11.3 Å². The average Bonchev–Trinajstić information content (AvgIpc) is 3.23. The Bertz CT molecular complexity index is 833. The van der Waals surface area contributed by atoms with Crippen LogP contribution in [0.3, 0.4) is 0 Å². The topological polar surface area (TPSA) is 83.7 Å². The third kappa shape index (κ3) is 3.24. The van der Waals surface area contributed by atoms with Gasteiger partial charge in [-0.25, -0.2) is 8.42 Å². The minimum absolute atomic E-state index is 0.228. The van der Waals surface area contributed by atoms with Crippen molar-refractivity contribution >= 4 is 27.3 Å². The molecule has 0 bridgehead atoms. The van der Waals surface area contributed by atoms with E-state index in [0.29, 0.717) is 23.1 Å². The number of aryl methyl sites for hydroxylation is 2. The maximum Gasteiger partial charge on any atom is 0.276 e. The molecule has 0 spiro atoms. The molecule has 1 amide bonds. The average molecular weight is 369 g/mol. The van der Waals surface area contributed by atoms with Gasteiger partial charge >= 0.3 is 0 Å². The Morgan fingerprint density at radius 3 is 2.54 bits per heavy atom. The van der Waals surface area contributed by atoms with E-state index in [0.717, 1.165) is 11.3 Å². The van der Waals surface area contributed by atoms with Gasteiger partial charge in [-0.05, 0) is 25.5 Å². The molecule has 0 N–H and O–H groups in total. The molecule has 0 radical (unpaired) electrons. The molecule has 130 valence electrons. The van der Waals surface area contributed by atoms with Gasteiger partial charge in [-0.1, -0.05) is 12.1 Å². The smallest absolute Gasteiger partial charge is 0.276 e. The number of carbonyl (C=O) groups is 1. The van der Waals surface area contributed by atoms with Crippen LogP contribution in [0.5, 0.6) is 0 Å². The largest absolute Gasteiger partial charge is 0.361 e. The number of aromatic nitrogens is 1. The highest BCUT2D eigenvalue weighted by atomic mass is 32.2. The van der Waals surface area contributed by atoms with Crippen molar-refractivity contribution in [1.29, 1.82) is 0 Å². The van der Waals surface area contributed by atoms with E-state index < -0.39 is 10.0 Å². The van der Waals surface area contributed by atoms with Crippen LogP contribution in [0.4, 0.5) is 0 Å². The number of rotatable bonds is 4. The second-order valence-electron chi connectivity index (χ2n) is 5.59. The van der Waals surface area contributed by atoms with E-state index in [1.165, 1.54) is 15.6 Å². The van der Waals surface area contributed by atoms with E-state index in [9.17, 15) is 13.2 Å². The number of amides is 1. The molecule has 3 heterocycles. The number of hydrogen-bond donors (Lipinski definition) is 0. The predicted octanol–water partition coefficient (Wildman–Crippen LogP) is 1.75. The van der Waals surface area contributed by atoms with E-state index in [1.807, 2.05) is 13.0 Å². The van der Waals surface area contributed by atoms with Crippen LogP contribution in [0.2, 0.25) is 0 Å². The number of piperazine rings is 1. The highest BCUT2D eigenvalue weighted by Crippen LogP contribution is 2.26. The first-order valence-electron chi connectivity index (χ1n) is 7.73.